The molecule has 0 aliphatic carbocycles. The van der Waals surface area contributed by atoms with Gasteiger partial charge in [0.25, 0.3) is 5.91 Å². The molecule has 1 aromatic rings. The predicted molar refractivity (Wildman–Crippen MR) is 62.4 cm³/mol. The Bertz CT molecular complexity index is 508. The summed E-state index contributed by atoms with van der Waals surface area (Å²) < 4.78 is 1.29. The molecule has 1 aliphatic heterocycles. The first-order valence-electron chi connectivity index (χ1n) is 4.83. The molecule has 2 rings (SSSR count). The van der Waals surface area contributed by atoms with Gasteiger partial charge in [-0.1, -0.05) is 11.8 Å². The van der Waals surface area contributed by atoms with Gasteiger partial charge in [0.1, 0.15) is 5.56 Å². The maximum absolute atomic E-state index is 11.8. The van der Waals surface area contributed by atoms with Gasteiger partial charge >= 0.3 is 5.97 Å². The molecular formula is C9H10N4O3S. The quantitative estimate of drug-likeness (QED) is 0.771. The number of carbonyl (C=O) groups is 2. The van der Waals surface area contributed by atoms with Crippen LogP contribution in [-0.2, 0) is 7.05 Å². The Hall–Kier alpha value is -1.83. The average Bonchev–Trinajstić information content (AvgIpc) is 2.86. The van der Waals surface area contributed by atoms with Crippen molar-refractivity contribution in [3.8, 4) is 0 Å². The van der Waals surface area contributed by atoms with Gasteiger partial charge < -0.3 is 5.11 Å². The number of hydrogen-bond donors (Lipinski definition) is 2. The van der Waals surface area contributed by atoms with Gasteiger partial charge in [0.2, 0.25) is 0 Å². The number of carboxylic acid groups (broad SMARTS) is 1. The van der Waals surface area contributed by atoms with E-state index in [2.05, 4.69) is 15.4 Å². The van der Waals surface area contributed by atoms with Gasteiger partial charge in [0, 0.05) is 19.0 Å². The molecule has 1 aliphatic rings. The predicted octanol–water partition coefficient (Wildman–Crippen LogP) is -0.0491. The summed E-state index contributed by atoms with van der Waals surface area (Å²) in [5, 5.41) is 15.8. The highest BCUT2D eigenvalue weighted by molar-refractivity contribution is 8.14. The second-order valence-corrected chi connectivity index (χ2v) is 4.44. The number of nitrogens with one attached hydrogen (secondary N) is 1. The Morgan fingerprint density at radius 1 is 1.59 bits per heavy atom. The summed E-state index contributed by atoms with van der Waals surface area (Å²) in [6.07, 6.45) is 1.29. The van der Waals surface area contributed by atoms with Crippen LogP contribution in [0.3, 0.4) is 0 Å². The van der Waals surface area contributed by atoms with Crippen molar-refractivity contribution < 1.29 is 14.7 Å². The van der Waals surface area contributed by atoms with Gasteiger partial charge in [-0.05, 0) is 0 Å². The van der Waals surface area contributed by atoms with E-state index in [1.165, 1.54) is 22.6 Å². The zero-order valence-electron chi connectivity index (χ0n) is 9.01. The lowest BCUT2D eigenvalue weighted by Gasteiger charge is -2.01. The molecule has 1 amide bonds. The van der Waals surface area contributed by atoms with E-state index in [1.807, 2.05) is 0 Å². The molecule has 17 heavy (non-hydrogen) atoms. The molecule has 0 unspecified atom stereocenters. The molecule has 1 aromatic heterocycles. The Labute approximate surface area is 101 Å². The lowest BCUT2D eigenvalue weighted by Crippen LogP contribution is -2.29. The summed E-state index contributed by atoms with van der Waals surface area (Å²) >= 11 is 1.42. The molecule has 0 saturated carbocycles. The van der Waals surface area contributed by atoms with Crippen molar-refractivity contribution in [1.29, 1.82) is 0 Å². The van der Waals surface area contributed by atoms with Crippen molar-refractivity contribution in [2.45, 2.75) is 0 Å². The topological polar surface area (TPSA) is 96.6 Å². The van der Waals surface area contributed by atoms with Crippen molar-refractivity contribution >= 4 is 28.8 Å². The van der Waals surface area contributed by atoms with E-state index < -0.39 is 11.9 Å². The van der Waals surface area contributed by atoms with Crippen LogP contribution in [0.2, 0.25) is 0 Å². The number of thioether (sulfide) groups is 1. The number of aliphatic imine (C=N–C) groups is 1. The zero-order valence-corrected chi connectivity index (χ0v) is 9.82. The maximum atomic E-state index is 11.8. The molecular weight excluding hydrogens is 244 g/mol. The molecule has 0 fully saturated rings. The van der Waals surface area contributed by atoms with Gasteiger partial charge in [-0.15, -0.1) is 0 Å². The Morgan fingerprint density at radius 3 is 2.94 bits per heavy atom. The lowest BCUT2D eigenvalue weighted by atomic mass is 10.2. The van der Waals surface area contributed by atoms with Crippen LogP contribution in [0, 0.1) is 0 Å². The third-order valence-corrected chi connectivity index (χ3v) is 2.97. The monoisotopic (exact) mass is 254 g/mol. The number of carboxylic acids is 1. The van der Waals surface area contributed by atoms with Crippen LogP contribution in [0.1, 0.15) is 20.8 Å². The van der Waals surface area contributed by atoms with Gasteiger partial charge in [0.05, 0.1) is 6.54 Å². The van der Waals surface area contributed by atoms with E-state index in [0.717, 1.165) is 5.75 Å². The van der Waals surface area contributed by atoms with E-state index in [9.17, 15) is 9.59 Å². The highest BCUT2D eigenvalue weighted by Crippen LogP contribution is 2.11. The number of aromatic carboxylic acids is 1. The second-order valence-electron chi connectivity index (χ2n) is 3.36. The van der Waals surface area contributed by atoms with Crippen LogP contribution in [-0.4, -0.2) is 44.2 Å². The molecule has 2 N–H and O–H groups in total. The zero-order chi connectivity index (χ0) is 12.4. The SMILES string of the molecule is Cn1cc(C(=O)O)c(C(=O)NC2=NCCS2)n1. The molecule has 2 heterocycles. The number of aromatic nitrogens is 2. The van der Waals surface area contributed by atoms with Gasteiger partial charge in [-0.2, -0.15) is 5.10 Å². The van der Waals surface area contributed by atoms with Crippen LogP contribution in [0.25, 0.3) is 0 Å². The molecule has 90 valence electrons. The van der Waals surface area contributed by atoms with Crippen LogP contribution in [0.4, 0.5) is 0 Å². The number of amides is 1. The first kappa shape index (κ1) is 11.6. The molecule has 0 spiro atoms. The van der Waals surface area contributed by atoms with Crippen molar-refractivity contribution in [3.05, 3.63) is 17.5 Å². The molecule has 0 radical (unpaired) electrons. The fourth-order valence-corrected chi connectivity index (χ4v) is 2.10. The summed E-state index contributed by atoms with van der Waals surface area (Å²) in [6, 6.07) is 0. The van der Waals surface area contributed by atoms with Gasteiger partial charge in [-0.3, -0.25) is 19.8 Å². The normalized spacial score (nSPS) is 14.5. The van der Waals surface area contributed by atoms with E-state index in [1.54, 1.807) is 7.05 Å². The van der Waals surface area contributed by atoms with E-state index in [0.29, 0.717) is 11.7 Å². The van der Waals surface area contributed by atoms with E-state index in [-0.39, 0.29) is 11.3 Å². The minimum absolute atomic E-state index is 0.102. The molecule has 8 heteroatoms. The highest BCUT2D eigenvalue weighted by atomic mass is 32.2. The van der Waals surface area contributed by atoms with Crippen LogP contribution in [0.15, 0.2) is 11.2 Å². The third kappa shape index (κ3) is 2.47. The molecule has 0 bridgehead atoms. The van der Waals surface area contributed by atoms with Crippen LogP contribution < -0.4 is 5.32 Å². The standard InChI is InChI=1S/C9H10N4O3S/c1-13-4-5(8(15)16)6(12-13)7(14)11-9-10-2-3-17-9/h4H,2-3H2,1H3,(H,15,16)(H,10,11,14). The first-order chi connectivity index (χ1) is 8.08. The fourth-order valence-electron chi connectivity index (χ4n) is 1.38. The van der Waals surface area contributed by atoms with Crippen molar-refractivity contribution in [2.24, 2.45) is 12.0 Å². The summed E-state index contributed by atoms with van der Waals surface area (Å²) in [5.74, 6) is -0.899. The van der Waals surface area contributed by atoms with E-state index >= 15 is 0 Å². The average molecular weight is 254 g/mol. The Kier molecular flexibility index (Phi) is 3.14. The largest absolute Gasteiger partial charge is 0.478 e. The number of amidine groups is 1. The fraction of sp³-hybridized carbons (Fsp3) is 0.333. The lowest BCUT2D eigenvalue weighted by molar-refractivity contribution is 0.0691. The minimum atomic E-state index is -1.18. The maximum Gasteiger partial charge on any atom is 0.339 e. The van der Waals surface area contributed by atoms with E-state index in [4.69, 9.17) is 5.11 Å². The number of aryl methyl sites for hydroxylation is 1. The van der Waals surface area contributed by atoms with Gasteiger partial charge in [0.15, 0.2) is 10.9 Å². The number of rotatable bonds is 2. The smallest absolute Gasteiger partial charge is 0.339 e. The molecule has 0 aromatic carbocycles. The molecule has 0 saturated heterocycles. The molecule has 7 nitrogen and oxygen atoms in total. The second kappa shape index (κ2) is 4.58. The summed E-state index contributed by atoms with van der Waals surface area (Å²) in [4.78, 5) is 26.8. The number of hydrogen-bond acceptors (Lipinski definition) is 5. The Balaban J connectivity index is 2.21. The van der Waals surface area contributed by atoms with Crippen LogP contribution >= 0.6 is 11.8 Å². The van der Waals surface area contributed by atoms with Crippen molar-refractivity contribution in [1.82, 2.24) is 15.1 Å². The molecule has 0 atom stereocenters. The summed E-state index contributed by atoms with van der Waals surface area (Å²) in [6.45, 7) is 0.661. The number of nitrogens with zero attached hydrogens (tertiary/aromatic N) is 3. The first-order valence-corrected chi connectivity index (χ1v) is 5.82. The summed E-state index contributed by atoms with van der Waals surface area (Å²) in [7, 11) is 1.56. The van der Waals surface area contributed by atoms with Crippen molar-refractivity contribution in [2.75, 3.05) is 12.3 Å². The van der Waals surface area contributed by atoms with Crippen molar-refractivity contribution in [3.63, 3.8) is 0 Å². The van der Waals surface area contributed by atoms with Gasteiger partial charge in [-0.25, -0.2) is 4.79 Å². The number of carbonyl (C=O) groups excluding carboxylic acids is 1. The Morgan fingerprint density at radius 2 is 2.35 bits per heavy atom. The third-order valence-electron chi connectivity index (χ3n) is 2.08. The highest BCUT2D eigenvalue weighted by Gasteiger charge is 2.22. The summed E-state index contributed by atoms with van der Waals surface area (Å²) in [5.41, 5.74) is -0.219. The minimum Gasteiger partial charge on any atom is -0.478 e. The van der Waals surface area contributed by atoms with Crippen LogP contribution in [0.5, 0.6) is 0 Å².